The van der Waals surface area contributed by atoms with Gasteiger partial charge in [0.2, 0.25) is 5.88 Å². The fraction of sp³-hybridized carbons (Fsp3) is 0.0476. The van der Waals surface area contributed by atoms with Gasteiger partial charge in [0, 0.05) is 23.6 Å². The Morgan fingerprint density at radius 1 is 0.935 bits per heavy atom. The Balaban J connectivity index is 1.55. The molecule has 0 unspecified atom stereocenters. The summed E-state index contributed by atoms with van der Waals surface area (Å²) in [5.41, 5.74) is 1.19. The zero-order chi connectivity index (χ0) is 21.6. The van der Waals surface area contributed by atoms with Crippen LogP contribution in [0.25, 0.3) is 27.7 Å². The molecule has 2 aromatic carbocycles. The molecule has 0 bridgehead atoms. The molecule has 0 N–H and O–H groups in total. The van der Waals surface area contributed by atoms with E-state index in [1.807, 2.05) is 30.3 Å². The Bertz CT molecular complexity index is 1480. The third kappa shape index (κ3) is 3.48. The first kappa shape index (κ1) is 18.8. The van der Waals surface area contributed by atoms with E-state index in [0.29, 0.717) is 15.5 Å². The number of aromatic nitrogens is 4. The van der Waals surface area contributed by atoms with Crippen molar-refractivity contribution in [1.29, 1.82) is 0 Å². The molecule has 0 saturated carbocycles. The Morgan fingerprint density at radius 2 is 1.74 bits per heavy atom. The molecule has 0 amide bonds. The largest absolute Gasteiger partial charge is 0.453 e. The van der Waals surface area contributed by atoms with Crippen molar-refractivity contribution in [3.05, 3.63) is 83.0 Å². The lowest BCUT2D eigenvalue weighted by Gasteiger charge is -2.09. The van der Waals surface area contributed by atoms with E-state index in [-0.39, 0.29) is 22.9 Å². The van der Waals surface area contributed by atoms with E-state index in [4.69, 9.17) is 9.15 Å². The topological polar surface area (TPSA) is 82.5 Å². The van der Waals surface area contributed by atoms with Gasteiger partial charge in [-0.25, -0.2) is 4.79 Å². The summed E-state index contributed by atoms with van der Waals surface area (Å²) < 4.78 is 50.6. The van der Waals surface area contributed by atoms with E-state index in [0.717, 1.165) is 5.56 Å². The van der Waals surface area contributed by atoms with Crippen LogP contribution in [-0.2, 0) is 6.18 Å². The Hall–Kier alpha value is -4.21. The maximum absolute atomic E-state index is 13.1. The smallest absolute Gasteiger partial charge is 0.437 e. The number of rotatable bonds is 3. The number of benzene rings is 2. The van der Waals surface area contributed by atoms with Crippen molar-refractivity contribution in [3.63, 3.8) is 0 Å². The van der Waals surface area contributed by atoms with Gasteiger partial charge in [0.1, 0.15) is 11.3 Å². The van der Waals surface area contributed by atoms with E-state index in [1.54, 1.807) is 12.1 Å². The normalized spacial score (nSPS) is 11.8. The molecule has 0 aliphatic rings. The number of halogens is 3. The van der Waals surface area contributed by atoms with Gasteiger partial charge in [-0.3, -0.25) is 0 Å². The molecule has 0 radical (unpaired) electrons. The molecule has 0 saturated heterocycles. The molecule has 31 heavy (non-hydrogen) atoms. The van der Waals surface area contributed by atoms with Gasteiger partial charge in [-0.1, -0.05) is 30.3 Å². The second-order valence-electron chi connectivity index (χ2n) is 6.57. The number of ether oxygens (including phenoxy) is 1. The quantitative estimate of drug-likeness (QED) is 0.390. The minimum atomic E-state index is -4.72. The maximum atomic E-state index is 13.1. The van der Waals surface area contributed by atoms with Crippen LogP contribution in [0.2, 0.25) is 0 Å². The summed E-state index contributed by atoms with van der Waals surface area (Å²) in [6.45, 7) is 0. The van der Waals surface area contributed by atoms with Crippen LogP contribution in [0.3, 0.4) is 0 Å². The molecule has 0 atom stereocenters. The second-order valence-corrected chi connectivity index (χ2v) is 6.57. The second kappa shape index (κ2) is 6.94. The molecule has 10 heteroatoms. The van der Waals surface area contributed by atoms with Gasteiger partial charge in [-0.15, -0.1) is 15.3 Å². The standard InChI is InChI=1S/C21H11F3N4O3/c22-21(23,24)20-26-25-17-8-9-18(27-28(17)20)30-13-6-7-14-15(12-4-2-1-3-5-12)11-19(29)31-16(14)10-13/h1-11H. The van der Waals surface area contributed by atoms with Crippen molar-refractivity contribution < 1.29 is 22.3 Å². The van der Waals surface area contributed by atoms with Gasteiger partial charge in [0.25, 0.3) is 5.82 Å². The van der Waals surface area contributed by atoms with Gasteiger partial charge < -0.3 is 9.15 Å². The van der Waals surface area contributed by atoms with Crippen LogP contribution >= 0.6 is 0 Å². The average Bonchev–Trinajstić information content (AvgIpc) is 3.17. The fourth-order valence-corrected chi connectivity index (χ4v) is 3.19. The van der Waals surface area contributed by atoms with Gasteiger partial charge in [-0.05, 0) is 29.3 Å². The van der Waals surface area contributed by atoms with Crippen LogP contribution in [0.4, 0.5) is 13.2 Å². The van der Waals surface area contributed by atoms with Crippen LogP contribution < -0.4 is 10.4 Å². The van der Waals surface area contributed by atoms with Crippen LogP contribution in [-0.4, -0.2) is 19.8 Å². The highest BCUT2D eigenvalue weighted by atomic mass is 19.4. The molecule has 3 aromatic heterocycles. The molecule has 0 fully saturated rings. The fourth-order valence-electron chi connectivity index (χ4n) is 3.19. The van der Waals surface area contributed by atoms with E-state index < -0.39 is 17.6 Å². The first-order valence-electron chi connectivity index (χ1n) is 8.99. The third-order valence-corrected chi connectivity index (χ3v) is 4.52. The summed E-state index contributed by atoms with van der Waals surface area (Å²) in [6, 6.07) is 18.2. The third-order valence-electron chi connectivity index (χ3n) is 4.52. The molecule has 154 valence electrons. The van der Waals surface area contributed by atoms with Crippen LogP contribution in [0.5, 0.6) is 11.6 Å². The first-order valence-corrected chi connectivity index (χ1v) is 8.99. The molecule has 7 nitrogen and oxygen atoms in total. The molecule has 0 aliphatic carbocycles. The molecule has 5 rings (SSSR count). The van der Waals surface area contributed by atoms with Gasteiger partial charge in [0.05, 0.1) is 0 Å². The van der Waals surface area contributed by atoms with Crippen molar-refractivity contribution in [2.75, 3.05) is 0 Å². The lowest BCUT2D eigenvalue weighted by molar-refractivity contribution is -0.146. The molecule has 5 aromatic rings. The lowest BCUT2D eigenvalue weighted by atomic mass is 10.0. The number of hydrogen-bond acceptors (Lipinski definition) is 6. The predicted molar refractivity (Wildman–Crippen MR) is 104 cm³/mol. The number of alkyl halides is 3. The highest BCUT2D eigenvalue weighted by Crippen LogP contribution is 2.32. The Labute approximate surface area is 171 Å². The molecule has 0 aliphatic heterocycles. The highest BCUT2D eigenvalue weighted by Gasteiger charge is 2.37. The molecular weight excluding hydrogens is 413 g/mol. The van der Waals surface area contributed by atoms with E-state index in [2.05, 4.69) is 15.3 Å². The number of hydrogen-bond donors (Lipinski definition) is 0. The first-order chi connectivity index (χ1) is 14.9. The summed E-state index contributed by atoms with van der Waals surface area (Å²) in [4.78, 5) is 12.1. The van der Waals surface area contributed by atoms with Crippen LogP contribution in [0.15, 0.2) is 75.9 Å². The molecular formula is C21H11F3N4O3. The van der Waals surface area contributed by atoms with Crippen molar-refractivity contribution in [3.8, 4) is 22.8 Å². The van der Waals surface area contributed by atoms with E-state index in [1.165, 1.54) is 24.3 Å². The van der Waals surface area contributed by atoms with Crippen LogP contribution in [0.1, 0.15) is 5.82 Å². The number of fused-ring (bicyclic) bond motifs is 2. The summed E-state index contributed by atoms with van der Waals surface area (Å²) in [5, 5.41) is 11.1. The summed E-state index contributed by atoms with van der Waals surface area (Å²) >= 11 is 0. The van der Waals surface area contributed by atoms with Gasteiger partial charge >= 0.3 is 11.8 Å². The van der Waals surface area contributed by atoms with Crippen LogP contribution in [0, 0.1) is 0 Å². The SMILES string of the molecule is O=c1cc(-c2ccccc2)c2ccc(Oc3ccc4nnc(C(F)(F)F)n4n3)cc2o1. The average molecular weight is 424 g/mol. The van der Waals surface area contributed by atoms with Crippen molar-refractivity contribution >= 4 is 16.6 Å². The maximum Gasteiger partial charge on any atom is 0.453 e. The zero-order valence-corrected chi connectivity index (χ0v) is 15.5. The van der Waals surface area contributed by atoms with Gasteiger partial charge in [0.15, 0.2) is 5.65 Å². The van der Waals surface area contributed by atoms with Crippen molar-refractivity contribution in [2.45, 2.75) is 6.18 Å². The monoisotopic (exact) mass is 424 g/mol. The summed E-state index contributed by atoms with van der Waals surface area (Å²) in [7, 11) is 0. The van der Waals surface area contributed by atoms with Gasteiger partial charge in [-0.2, -0.15) is 17.7 Å². The van der Waals surface area contributed by atoms with Crippen molar-refractivity contribution in [1.82, 2.24) is 19.8 Å². The predicted octanol–water partition coefficient (Wildman–Crippen LogP) is 4.71. The van der Waals surface area contributed by atoms with E-state index in [9.17, 15) is 18.0 Å². The highest BCUT2D eigenvalue weighted by molar-refractivity contribution is 5.93. The van der Waals surface area contributed by atoms with E-state index >= 15 is 0 Å². The number of nitrogens with zero attached hydrogens (tertiary/aromatic N) is 4. The zero-order valence-electron chi connectivity index (χ0n) is 15.5. The minimum absolute atomic E-state index is 0.0725. The van der Waals surface area contributed by atoms with Crippen molar-refractivity contribution in [2.24, 2.45) is 0 Å². The minimum Gasteiger partial charge on any atom is -0.437 e. The molecule has 0 spiro atoms. The lowest BCUT2D eigenvalue weighted by Crippen LogP contribution is -2.12. The summed E-state index contributed by atoms with van der Waals surface area (Å²) in [5.74, 6) is -1.14. The Kier molecular flexibility index (Phi) is 4.21. The molecule has 3 heterocycles. The Morgan fingerprint density at radius 3 is 2.52 bits per heavy atom. The summed E-state index contributed by atoms with van der Waals surface area (Å²) in [6.07, 6.45) is -4.72.